The van der Waals surface area contributed by atoms with Gasteiger partial charge in [0.05, 0.1) is 0 Å². The highest BCUT2D eigenvalue weighted by Crippen LogP contribution is 2.20. The highest BCUT2D eigenvalue weighted by atomic mass is 19.1. The molecule has 5 heteroatoms. The second kappa shape index (κ2) is 7.37. The highest BCUT2D eigenvalue weighted by Gasteiger charge is 2.08. The van der Waals surface area contributed by atoms with Gasteiger partial charge in [0.25, 0.3) is 0 Å². The van der Waals surface area contributed by atoms with Crippen LogP contribution in [0.25, 0.3) is 17.4 Å². The third kappa shape index (κ3) is 4.16. The molecular weight excluding hydrogens is 309 g/mol. The SMILES string of the molecule is O=C(/C=C/c1cccc(F)c1)OCc1cc(-c2ccccc2)on1. The molecule has 0 saturated heterocycles. The molecule has 0 aliphatic carbocycles. The number of hydrogen-bond acceptors (Lipinski definition) is 4. The topological polar surface area (TPSA) is 52.3 Å². The van der Waals surface area contributed by atoms with Crippen molar-refractivity contribution in [2.75, 3.05) is 0 Å². The minimum absolute atomic E-state index is 0.00264. The van der Waals surface area contributed by atoms with Crippen molar-refractivity contribution in [3.05, 3.63) is 83.8 Å². The van der Waals surface area contributed by atoms with Gasteiger partial charge in [-0.2, -0.15) is 0 Å². The first-order valence-electron chi connectivity index (χ1n) is 7.32. The smallest absolute Gasteiger partial charge is 0.331 e. The van der Waals surface area contributed by atoms with Crippen molar-refractivity contribution < 1.29 is 18.4 Å². The van der Waals surface area contributed by atoms with Gasteiger partial charge in [0.15, 0.2) is 5.76 Å². The first-order chi connectivity index (χ1) is 11.7. The van der Waals surface area contributed by atoms with Crippen LogP contribution >= 0.6 is 0 Å². The zero-order valence-corrected chi connectivity index (χ0v) is 12.7. The van der Waals surface area contributed by atoms with E-state index in [9.17, 15) is 9.18 Å². The largest absolute Gasteiger partial charge is 0.456 e. The lowest BCUT2D eigenvalue weighted by atomic mass is 10.2. The number of aromatic nitrogens is 1. The van der Waals surface area contributed by atoms with Gasteiger partial charge in [-0.1, -0.05) is 47.6 Å². The van der Waals surface area contributed by atoms with Gasteiger partial charge in [-0.15, -0.1) is 0 Å². The highest BCUT2D eigenvalue weighted by molar-refractivity contribution is 5.87. The molecule has 1 aromatic heterocycles. The van der Waals surface area contributed by atoms with E-state index in [0.717, 1.165) is 5.56 Å². The molecule has 3 aromatic rings. The lowest BCUT2D eigenvalue weighted by Gasteiger charge is -1.97. The summed E-state index contributed by atoms with van der Waals surface area (Å²) in [5, 5.41) is 3.87. The lowest BCUT2D eigenvalue weighted by molar-refractivity contribution is -0.139. The van der Waals surface area contributed by atoms with Gasteiger partial charge < -0.3 is 9.26 Å². The molecule has 0 fully saturated rings. The van der Waals surface area contributed by atoms with E-state index in [4.69, 9.17) is 9.26 Å². The molecule has 0 atom stereocenters. The fourth-order valence-corrected chi connectivity index (χ4v) is 2.09. The molecule has 0 spiro atoms. The fraction of sp³-hybridized carbons (Fsp3) is 0.0526. The summed E-state index contributed by atoms with van der Waals surface area (Å²) >= 11 is 0. The van der Waals surface area contributed by atoms with Crippen LogP contribution in [-0.2, 0) is 16.1 Å². The molecular formula is C19H14FNO3. The van der Waals surface area contributed by atoms with Crippen molar-refractivity contribution in [1.82, 2.24) is 5.16 Å². The Kier molecular flexibility index (Phi) is 4.81. The van der Waals surface area contributed by atoms with Crippen molar-refractivity contribution in [3.63, 3.8) is 0 Å². The van der Waals surface area contributed by atoms with E-state index >= 15 is 0 Å². The maximum atomic E-state index is 13.0. The summed E-state index contributed by atoms with van der Waals surface area (Å²) in [5.41, 5.74) is 2.00. The number of hydrogen-bond donors (Lipinski definition) is 0. The number of carbonyl (C=O) groups is 1. The average molecular weight is 323 g/mol. The summed E-state index contributed by atoms with van der Waals surface area (Å²) < 4.78 is 23.3. The Morgan fingerprint density at radius 1 is 1.12 bits per heavy atom. The van der Waals surface area contributed by atoms with Gasteiger partial charge in [-0.3, -0.25) is 0 Å². The number of benzene rings is 2. The third-order valence-corrected chi connectivity index (χ3v) is 3.24. The summed E-state index contributed by atoms with van der Waals surface area (Å²) in [4.78, 5) is 11.7. The number of halogens is 1. The van der Waals surface area contributed by atoms with Crippen LogP contribution in [0.5, 0.6) is 0 Å². The Morgan fingerprint density at radius 2 is 1.96 bits per heavy atom. The molecule has 0 unspecified atom stereocenters. The van der Waals surface area contributed by atoms with Crippen LogP contribution in [0.1, 0.15) is 11.3 Å². The average Bonchev–Trinajstić information content (AvgIpc) is 3.08. The maximum absolute atomic E-state index is 13.0. The monoisotopic (exact) mass is 323 g/mol. The Bertz CT molecular complexity index is 856. The number of ether oxygens (including phenoxy) is 1. The molecule has 3 rings (SSSR count). The van der Waals surface area contributed by atoms with E-state index in [2.05, 4.69) is 5.16 Å². The van der Waals surface area contributed by atoms with E-state index in [1.807, 2.05) is 30.3 Å². The van der Waals surface area contributed by atoms with Gasteiger partial charge in [0.1, 0.15) is 18.1 Å². The van der Waals surface area contributed by atoms with Crippen LogP contribution in [0.15, 0.2) is 71.3 Å². The van der Waals surface area contributed by atoms with Crippen molar-refractivity contribution in [1.29, 1.82) is 0 Å². The van der Waals surface area contributed by atoms with Crippen LogP contribution < -0.4 is 0 Å². The molecule has 0 N–H and O–H groups in total. The summed E-state index contributed by atoms with van der Waals surface area (Å²) in [6.45, 7) is 0.00264. The van der Waals surface area contributed by atoms with E-state index in [-0.39, 0.29) is 12.4 Å². The van der Waals surface area contributed by atoms with Gasteiger partial charge >= 0.3 is 5.97 Å². The second-order valence-electron chi connectivity index (χ2n) is 5.04. The molecule has 24 heavy (non-hydrogen) atoms. The molecule has 0 bridgehead atoms. The van der Waals surface area contributed by atoms with Crippen molar-refractivity contribution in [2.45, 2.75) is 6.61 Å². The molecule has 4 nitrogen and oxygen atoms in total. The Hall–Kier alpha value is -3.21. The zero-order chi connectivity index (χ0) is 16.8. The lowest BCUT2D eigenvalue weighted by Crippen LogP contribution is -2.00. The molecule has 120 valence electrons. The van der Waals surface area contributed by atoms with E-state index in [0.29, 0.717) is 17.0 Å². The van der Waals surface area contributed by atoms with Gasteiger partial charge in [0.2, 0.25) is 0 Å². The van der Waals surface area contributed by atoms with Crippen LogP contribution in [0.3, 0.4) is 0 Å². The quantitative estimate of drug-likeness (QED) is 0.520. The van der Waals surface area contributed by atoms with Crippen molar-refractivity contribution >= 4 is 12.0 Å². The predicted octanol–water partition coefficient (Wildman–Crippen LogP) is 4.24. The summed E-state index contributed by atoms with van der Waals surface area (Å²) in [5.74, 6) is -0.290. The minimum atomic E-state index is -0.538. The number of esters is 1. The standard InChI is InChI=1S/C19H14FNO3/c20-16-8-4-5-14(11-16)9-10-19(22)23-13-17-12-18(24-21-17)15-6-2-1-3-7-15/h1-12H,13H2/b10-9+. The molecule has 0 radical (unpaired) electrons. The first-order valence-corrected chi connectivity index (χ1v) is 7.32. The minimum Gasteiger partial charge on any atom is -0.456 e. The van der Waals surface area contributed by atoms with Crippen LogP contribution in [0, 0.1) is 5.82 Å². The van der Waals surface area contributed by atoms with Crippen molar-refractivity contribution in [3.8, 4) is 11.3 Å². The van der Waals surface area contributed by atoms with Crippen molar-refractivity contribution in [2.24, 2.45) is 0 Å². The predicted molar refractivity (Wildman–Crippen MR) is 87.2 cm³/mol. The Balaban J connectivity index is 1.56. The molecule has 2 aromatic carbocycles. The van der Waals surface area contributed by atoms with Gasteiger partial charge in [-0.05, 0) is 23.8 Å². The zero-order valence-electron chi connectivity index (χ0n) is 12.7. The summed E-state index contributed by atoms with van der Waals surface area (Å²) in [6.07, 6.45) is 2.73. The van der Waals surface area contributed by atoms with Gasteiger partial charge in [0, 0.05) is 17.7 Å². The molecule has 0 aliphatic rings. The van der Waals surface area contributed by atoms with E-state index in [1.165, 1.54) is 24.3 Å². The Labute approximate surface area is 138 Å². The fourth-order valence-electron chi connectivity index (χ4n) is 2.09. The van der Waals surface area contributed by atoms with Gasteiger partial charge in [-0.25, -0.2) is 9.18 Å². The van der Waals surface area contributed by atoms with Crippen LogP contribution in [-0.4, -0.2) is 11.1 Å². The third-order valence-electron chi connectivity index (χ3n) is 3.24. The molecule has 0 aliphatic heterocycles. The molecule has 0 amide bonds. The summed E-state index contributed by atoms with van der Waals surface area (Å²) in [7, 11) is 0. The van der Waals surface area contributed by atoms with Crippen LogP contribution in [0.2, 0.25) is 0 Å². The second-order valence-corrected chi connectivity index (χ2v) is 5.04. The first kappa shape index (κ1) is 15.7. The van der Waals surface area contributed by atoms with E-state index in [1.54, 1.807) is 18.2 Å². The number of nitrogens with zero attached hydrogens (tertiary/aromatic N) is 1. The normalized spacial score (nSPS) is 10.9. The number of carbonyl (C=O) groups excluding carboxylic acids is 1. The molecule has 0 saturated carbocycles. The Morgan fingerprint density at radius 3 is 2.75 bits per heavy atom. The molecule has 1 heterocycles. The number of rotatable bonds is 5. The van der Waals surface area contributed by atoms with Crippen LogP contribution in [0.4, 0.5) is 4.39 Å². The maximum Gasteiger partial charge on any atom is 0.331 e. The summed E-state index contributed by atoms with van der Waals surface area (Å²) in [6, 6.07) is 17.2. The van der Waals surface area contributed by atoms with E-state index < -0.39 is 5.97 Å².